The maximum atomic E-state index is 13.5. The molecule has 0 spiro atoms. The Hall–Kier alpha value is -3.31. The molecule has 0 radical (unpaired) electrons. The predicted octanol–water partition coefficient (Wildman–Crippen LogP) is 5.89. The van der Waals surface area contributed by atoms with Crippen LogP contribution in [0.5, 0.6) is 5.75 Å². The minimum absolute atomic E-state index is 0.0299. The molecule has 4 aromatic rings. The van der Waals surface area contributed by atoms with Crippen molar-refractivity contribution in [2.75, 3.05) is 19.7 Å². The first kappa shape index (κ1) is 21.5. The van der Waals surface area contributed by atoms with Gasteiger partial charge in [-0.3, -0.25) is 4.79 Å². The minimum atomic E-state index is -0.0299. The Labute approximate surface area is 198 Å². The van der Waals surface area contributed by atoms with Crippen LogP contribution in [-0.4, -0.2) is 40.1 Å². The van der Waals surface area contributed by atoms with E-state index in [2.05, 4.69) is 5.10 Å². The van der Waals surface area contributed by atoms with Crippen molar-refractivity contribution < 1.29 is 9.53 Å². The van der Waals surface area contributed by atoms with E-state index in [0.717, 1.165) is 42.0 Å². The first-order valence-electron chi connectivity index (χ1n) is 11.3. The highest BCUT2D eigenvalue weighted by Gasteiger charge is 2.28. The summed E-state index contributed by atoms with van der Waals surface area (Å²) < 4.78 is 7.85. The molecule has 1 amide bonds. The van der Waals surface area contributed by atoms with Gasteiger partial charge in [0.2, 0.25) is 0 Å². The van der Waals surface area contributed by atoms with Crippen LogP contribution in [0.25, 0.3) is 16.8 Å². The summed E-state index contributed by atoms with van der Waals surface area (Å²) in [5, 5.41) is 5.06. The molecular weight excluding hydrogens is 434 g/mol. The molecule has 1 saturated heterocycles. The number of hydrogen-bond donors (Lipinski definition) is 0. The maximum absolute atomic E-state index is 13.5. The first-order chi connectivity index (χ1) is 16.1. The summed E-state index contributed by atoms with van der Waals surface area (Å²) in [6.07, 6.45) is 3.64. The van der Waals surface area contributed by atoms with Crippen LogP contribution in [0.4, 0.5) is 0 Å². The van der Waals surface area contributed by atoms with Gasteiger partial charge in [-0.15, -0.1) is 0 Å². The van der Waals surface area contributed by atoms with E-state index in [1.54, 1.807) is 10.7 Å². The number of carbonyl (C=O) groups excluding carboxylic acids is 1. The van der Waals surface area contributed by atoms with Crippen LogP contribution in [0.3, 0.4) is 0 Å². The monoisotopic (exact) mass is 459 g/mol. The summed E-state index contributed by atoms with van der Waals surface area (Å²) in [7, 11) is 0. The Morgan fingerprint density at radius 2 is 1.88 bits per heavy atom. The quantitative estimate of drug-likeness (QED) is 0.373. The summed E-state index contributed by atoms with van der Waals surface area (Å²) in [4.78, 5) is 15.4. The lowest BCUT2D eigenvalue weighted by Gasteiger charge is -2.32. The van der Waals surface area contributed by atoms with Gasteiger partial charge in [-0.1, -0.05) is 60.1 Å². The fourth-order valence-electron chi connectivity index (χ4n) is 4.53. The number of piperidine rings is 1. The molecule has 168 valence electrons. The maximum Gasteiger partial charge on any atom is 0.257 e. The zero-order valence-electron chi connectivity index (χ0n) is 18.6. The van der Waals surface area contributed by atoms with E-state index in [9.17, 15) is 4.79 Å². The zero-order valence-corrected chi connectivity index (χ0v) is 19.3. The molecule has 0 saturated carbocycles. The van der Waals surface area contributed by atoms with Crippen LogP contribution in [0.2, 0.25) is 5.02 Å². The number of rotatable bonds is 5. The summed E-state index contributed by atoms with van der Waals surface area (Å²) in [5.41, 5.74) is 4.24. The van der Waals surface area contributed by atoms with Crippen molar-refractivity contribution in [3.05, 3.63) is 89.1 Å². The average molecular weight is 460 g/mol. The molecule has 2 aromatic carbocycles. The fourth-order valence-corrected chi connectivity index (χ4v) is 4.77. The lowest BCUT2D eigenvalue weighted by molar-refractivity contribution is 0.0635. The molecule has 0 aliphatic carbocycles. The second-order valence-corrected chi connectivity index (χ2v) is 8.99. The molecular formula is C27H26ClN3O2. The topological polar surface area (TPSA) is 46.8 Å². The Morgan fingerprint density at radius 1 is 1.09 bits per heavy atom. The van der Waals surface area contributed by atoms with Gasteiger partial charge in [0, 0.05) is 24.6 Å². The van der Waals surface area contributed by atoms with Gasteiger partial charge in [-0.05, 0) is 43.5 Å². The lowest BCUT2D eigenvalue weighted by Crippen LogP contribution is -2.41. The smallest absolute Gasteiger partial charge is 0.257 e. The van der Waals surface area contributed by atoms with E-state index in [1.807, 2.05) is 78.6 Å². The summed E-state index contributed by atoms with van der Waals surface area (Å²) in [5.74, 6) is 1.17. The van der Waals surface area contributed by atoms with Gasteiger partial charge in [0.15, 0.2) is 0 Å². The zero-order chi connectivity index (χ0) is 22.8. The molecule has 1 fully saturated rings. The molecule has 5 nitrogen and oxygen atoms in total. The Morgan fingerprint density at radius 3 is 2.70 bits per heavy atom. The van der Waals surface area contributed by atoms with Gasteiger partial charge in [0.25, 0.3) is 5.91 Å². The second kappa shape index (κ2) is 9.28. The van der Waals surface area contributed by atoms with Crippen molar-refractivity contribution in [3.8, 4) is 17.0 Å². The number of aromatic nitrogens is 2. The number of likely N-dealkylation sites (tertiary alicyclic amines) is 1. The number of fused-ring (bicyclic) bond motifs is 1. The van der Waals surface area contributed by atoms with Crippen molar-refractivity contribution in [1.82, 2.24) is 14.5 Å². The number of carbonyl (C=O) groups is 1. The van der Waals surface area contributed by atoms with E-state index >= 15 is 0 Å². The van der Waals surface area contributed by atoms with Gasteiger partial charge in [0.05, 0.1) is 34.6 Å². The van der Waals surface area contributed by atoms with Crippen LogP contribution < -0.4 is 4.74 Å². The largest absolute Gasteiger partial charge is 0.493 e. The number of nitrogens with zero attached hydrogens (tertiary/aromatic N) is 3. The first-order valence-corrected chi connectivity index (χ1v) is 11.7. The van der Waals surface area contributed by atoms with Crippen LogP contribution >= 0.6 is 11.6 Å². The second-order valence-electron chi connectivity index (χ2n) is 8.59. The number of amides is 1. The number of ether oxygens (including phenoxy) is 1. The summed E-state index contributed by atoms with van der Waals surface area (Å²) >= 11 is 6.56. The molecule has 1 atom stereocenters. The number of halogens is 1. The lowest BCUT2D eigenvalue weighted by atomic mass is 9.98. The van der Waals surface area contributed by atoms with E-state index in [4.69, 9.17) is 16.3 Å². The van der Waals surface area contributed by atoms with E-state index in [0.29, 0.717) is 35.2 Å². The van der Waals surface area contributed by atoms with Gasteiger partial charge in [-0.25, -0.2) is 4.52 Å². The third-order valence-electron chi connectivity index (χ3n) is 6.29. The van der Waals surface area contributed by atoms with Crippen molar-refractivity contribution in [2.24, 2.45) is 5.92 Å². The average Bonchev–Trinajstić information content (AvgIpc) is 3.30. The van der Waals surface area contributed by atoms with Crippen molar-refractivity contribution in [2.45, 2.75) is 19.8 Å². The highest BCUT2D eigenvalue weighted by atomic mass is 35.5. The van der Waals surface area contributed by atoms with Crippen LogP contribution in [-0.2, 0) is 0 Å². The molecule has 6 heteroatoms. The SMILES string of the molecule is Cc1ccccc1OCC1CCCN(C(=O)c2cnn3c(-c4ccccc4)ccc(Cl)c23)C1. The van der Waals surface area contributed by atoms with Crippen LogP contribution in [0.15, 0.2) is 72.9 Å². The number of pyridine rings is 1. The van der Waals surface area contributed by atoms with Gasteiger partial charge >= 0.3 is 0 Å². The Balaban J connectivity index is 1.37. The van der Waals surface area contributed by atoms with Crippen LogP contribution in [0.1, 0.15) is 28.8 Å². The molecule has 1 aliphatic heterocycles. The van der Waals surface area contributed by atoms with Gasteiger partial charge < -0.3 is 9.64 Å². The summed E-state index contributed by atoms with van der Waals surface area (Å²) in [6, 6.07) is 21.8. The highest BCUT2D eigenvalue weighted by Crippen LogP contribution is 2.30. The van der Waals surface area contributed by atoms with E-state index in [-0.39, 0.29) is 5.91 Å². The molecule has 1 unspecified atom stereocenters. The molecule has 33 heavy (non-hydrogen) atoms. The normalized spacial score (nSPS) is 16.2. The van der Waals surface area contributed by atoms with Crippen molar-refractivity contribution >= 4 is 23.0 Å². The molecule has 1 aliphatic rings. The Kier molecular flexibility index (Phi) is 6.05. The van der Waals surface area contributed by atoms with Crippen molar-refractivity contribution in [1.29, 1.82) is 0 Å². The fraction of sp³-hybridized carbons (Fsp3) is 0.259. The number of aryl methyl sites for hydroxylation is 1. The minimum Gasteiger partial charge on any atom is -0.493 e. The molecule has 0 N–H and O–H groups in total. The number of para-hydroxylation sites is 1. The standard InChI is InChI=1S/C27H26ClN3O2/c1-19-8-5-6-12-25(19)33-18-20-9-7-15-30(17-20)27(32)22-16-29-31-24(14-13-23(28)26(22)31)21-10-3-2-4-11-21/h2-6,8,10-14,16,20H,7,9,15,17-18H2,1H3. The van der Waals surface area contributed by atoms with Gasteiger partial charge in [-0.2, -0.15) is 5.10 Å². The van der Waals surface area contributed by atoms with Gasteiger partial charge in [0.1, 0.15) is 5.75 Å². The Bertz CT molecular complexity index is 1290. The highest BCUT2D eigenvalue weighted by molar-refractivity contribution is 6.35. The van der Waals surface area contributed by atoms with E-state index < -0.39 is 0 Å². The van der Waals surface area contributed by atoms with E-state index in [1.165, 1.54) is 0 Å². The molecule has 2 aromatic heterocycles. The number of hydrogen-bond acceptors (Lipinski definition) is 3. The number of benzene rings is 2. The third-order valence-corrected chi connectivity index (χ3v) is 6.59. The van der Waals surface area contributed by atoms with Crippen molar-refractivity contribution in [3.63, 3.8) is 0 Å². The third kappa shape index (κ3) is 4.33. The molecule has 0 bridgehead atoms. The summed E-state index contributed by atoms with van der Waals surface area (Å²) in [6.45, 7) is 4.04. The van der Waals surface area contributed by atoms with Crippen LogP contribution in [0, 0.1) is 12.8 Å². The predicted molar refractivity (Wildman–Crippen MR) is 131 cm³/mol. The molecule has 5 rings (SSSR count). The molecule has 3 heterocycles.